The van der Waals surface area contributed by atoms with Crippen LogP contribution in [0.1, 0.15) is 32.3 Å². The van der Waals surface area contributed by atoms with Crippen LogP contribution in [0.2, 0.25) is 0 Å². The number of amides is 2. The van der Waals surface area contributed by atoms with Gasteiger partial charge in [-0.25, -0.2) is 21.6 Å². The van der Waals surface area contributed by atoms with E-state index in [1.807, 2.05) is 6.92 Å². The van der Waals surface area contributed by atoms with E-state index in [0.29, 0.717) is 16.9 Å². The van der Waals surface area contributed by atoms with Crippen LogP contribution in [0.25, 0.3) is 0 Å². The average molecular weight is 500 g/mol. The molecule has 0 heterocycles. The van der Waals surface area contributed by atoms with Crippen LogP contribution in [0, 0.1) is 17.5 Å². The van der Waals surface area contributed by atoms with Crippen molar-refractivity contribution in [3.63, 3.8) is 0 Å². The molecule has 1 atom stereocenters. The number of nitrogens with one attached hydrogen (secondary N) is 1. The highest BCUT2D eigenvalue weighted by molar-refractivity contribution is 7.92. The summed E-state index contributed by atoms with van der Waals surface area (Å²) in [4.78, 5) is 27.0. The van der Waals surface area contributed by atoms with Crippen molar-refractivity contribution in [2.45, 2.75) is 39.3 Å². The smallest absolute Gasteiger partial charge is 0.244 e. The van der Waals surface area contributed by atoms with E-state index in [1.54, 1.807) is 6.07 Å². The van der Waals surface area contributed by atoms with Crippen molar-refractivity contribution in [2.24, 2.45) is 0 Å². The van der Waals surface area contributed by atoms with E-state index in [1.165, 1.54) is 25.1 Å². The number of benzene rings is 2. The lowest BCUT2D eigenvalue weighted by atomic mass is 10.1. The first-order valence-electron chi connectivity index (χ1n) is 10.7. The Morgan fingerprint density at radius 2 is 1.71 bits per heavy atom. The number of unbranched alkanes of at least 4 members (excludes halogenated alkanes) is 1. The second kappa shape index (κ2) is 11.9. The van der Waals surface area contributed by atoms with Crippen LogP contribution >= 0.6 is 0 Å². The predicted octanol–water partition coefficient (Wildman–Crippen LogP) is 3.20. The Labute approximate surface area is 197 Å². The molecule has 0 spiro atoms. The molecule has 0 fully saturated rings. The molecule has 2 amide bonds. The Balaban J connectivity index is 2.38. The summed E-state index contributed by atoms with van der Waals surface area (Å²) in [5.74, 6) is -4.37. The number of hydrogen-bond acceptors (Lipinski definition) is 4. The van der Waals surface area contributed by atoms with E-state index in [-0.39, 0.29) is 17.8 Å². The van der Waals surface area contributed by atoms with Crippen molar-refractivity contribution in [1.82, 2.24) is 10.2 Å². The Kier molecular flexibility index (Phi) is 9.48. The van der Waals surface area contributed by atoms with Crippen LogP contribution in [-0.4, -0.2) is 50.5 Å². The van der Waals surface area contributed by atoms with Crippen molar-refractivity contribution in [2.75, 3.05) is 23.7 Å². The molecule has 2 aromatic carbocycles. The van der Waals surface area contributed by atoms with Crippen molar-refractivity contribution in [1.29, 1.82) is 0 Å². The summed E-state index contributed by atoms with van der Waals surface area (Å²) in [7, 11) is -4.10. The number of rotatable bonds is 11. The van der Waals surface area contributed by atoms with Gasteiger partial charge in [-0.3, -0.25) is 13.9 Å². The van der Waals surface area contributed by atoms with Gasteiger partial charge < -0.3 is 10.2 Å². The first kappa shape index (κ1) is 27.2. The minimum absolute atomic E-state index is 0.128. The van der Waals surface area contributed by atoms with Gasteiger partial charge in [-0.1, -0.05) is 31.5 Å². The predicted molar refractivity (Wildman–Crippen MR) is 123 cm³/mol. The molecule has 0 saturated carbocycles. The summed E-state index contributed by atoms with van der Waals surface area (Å²) in [5, 5.41) is 2.70. The molecule has 2 rings (SSSR count). The monoisotopic (exact) mass is 499 g/mol. The highest BCUT2D eigenvalue weighted by atomic mass is 32.2. The van der Waals surface area contributed by atoms with Gasteiger partial charge in [0.25, 0.3) is 0 Å². The first-order valence-corrected chi connectivity index (χ1v) is 12.5. The topological polar surface area (TPSA) is 86.8 Å². The number of carbonyl (C=O) groups excluding carboxylic acids is 2. The molecule has 186 valence electrons. The zero-order valence-electron chi connectivity index (χ0n) is 19.2. The van der Waals surface area contributed by atoms with Gasteiger partial charge in [0.15, 0.2) is 11.6 Å². The Bertz CT molecular complexity index is 1130. The molecular formula is C23H28F3N3O4S. The van der Waals surface area contributed by atoms with Gasteiger partial charge in [-0.2, -0.15) is 0 Å². The van der Waals surface area contributed by atoms with Gasteiger partial charge in [-0.15, -0.1) is 0 Å². The van der Waals surface area contributed by atoms with Crippen molar-refractivity contribution in [3.8, 4) is 0 Å². The fraction of sp³-hybridized carbons (Fsp3) is 0.391. The average Bonchev–Trinajstić information content (AvgIpc) is 2.77. The molecule has 0 aliphatic carbocycles. The van der Waals surface area contributed by atoms with E-state index < -0.39 is 51.9 Å². The fourth-order valence-electron chi connectivity index (χ4n) is 3.18. The third-order valence-electron chi connectivity index (χ3n) is 5.17. The van der Waals surface area contributed by atoms with Crippen LogP contribution < -0.4 is 9.62 Å². The molecule has 1 N–H and O–H groups in total. The molecular weight excluding hydrogens is 471 g/mol. The van der Waals surface area contributed by atoms with Gasteiger partial charge in [0.1, 0.15) is 18.4 Å². The van der Waals surface area contributed by atoms with Gasteiger partial charge in [0, 0.05) is 24.7 Å². The number of halogens is 3. The third-order valence-corrected chi connectivity index (χ3v) is 6.31. The summed E-state index contributed by atoms with van der Waals surface area (Å²) in [6, 6.07) is 7.05. The van der Waals surface area contributed by atoms with Gasteiger partial charge in [0.05, 0.1) is 11.9 Å². The Hall–Kier alpha value is -3.08. The maximum Gasteiger partial charge on any atom is 0.244 e. The Morgan fingerprint density at radius 1 is 1.03 bits per heavy atom. The summed E-state index contributed by atoms with van der Waals surface area (Å²) in [6.07, 6.45) is 2.37. The lowest BCUT2D eigenvalue weighted by Gasteiger charge is -2.31. The summed E-state index contributed by atoms with van der Waals surface area (Å²) >= 11 is 0. The number of sulfonamides is 1. The quantitative estimate of drug-likeness (QED) is 0.481. The SMILES string of the molecule is CCCCNC(=O)[C@H](C)N(Cc1ccccc1F)C(=O)CN(c1ccc(F)c(F)c1)S(C)(=O)=O. The van der Waals surface area contributed by atoms with Crippen LogP contribution in [0.3, 0.4) is 0 Å². The number of carbonyl (C=O) groups is 2. The lowest BCUT2D eigenvalue weighted by molar-refractivity contribution is -0.139. The van der Waals surface area contributed by atoms with Crippen LogP contribution in [-0.2, 0) is 26.2 Å². The van der Waals surface area contributed by atoms with Gasteiger partial charge >= 0.3 is 0 Å². The maximum atomic E-state index is 14.3. The summed E-state index contributed by atoms with van der Waals surface area (Å²) in [6.45, 7) is 2.67. The first-order chi connectivity index (χ1) is 16.0. The van der Waals surface area contributed by atoms with Crippen molar-refractivity contribution < 1.29 is 31.2 Å². The number of hydrogen-bond donors (Lipinski definition) is 1. The summed E-state index contributed by atoms with van der Waals surface area (Å²) in [5.41, 5.74) is -0.136. The Morgan fingerprint density at radius 3 is 2.29 bits per heavy atom. The normalized spacial score (nSPS) is 12.2. The zero-order valence-corrected chi connectivity index (χ0v) is 20.0. The highest BCUT2D eigenvalue weighted by Gasteiger charge is 2.30. The molecule has 0 bridgehead atoms. The number of anilines is 1. The third kappa shape index (κ3) is 7.21. The molecule has 0 saturated heterocycles. The molecule has 34 heavy (non-hydrogen) atoms. The highest BCUT2D eigenvalue weighted by Crippen LogP contribution is 2.22. The lowest BCUT2D eigenvalue weighted by Crippen LogP contribution is -2.51. The standard InChI is InChI=1S/C23H28F3N3O4S/c1-4-5-12-27-23(31)16(2)28(14-17-8-6-7-9-19(17)24)22(30)15-29(34(3,32)33)18-10-11-20(25)21(26)13-18/h6-11,13,16H,4-5,12,14-15H2,1-3H3,(H,27,31)/t16-/m0/s1. The van der Waals surface area contributed by atoms with E-state index in [2.05, 4.69) is 5.32 Å². The molecule has 0 aliphatic rings. The number of nitrogens with zero attached hydrogens (tertiary/aromatic N) is 2. The van der Waals surface area contributed by atoms with Gasteiger partial charge in [0.2, 0.25) is 21.8 Å². The van der Waals surface area contributed by atoms with E-state index in [4.69, 9.17) is 0 Å². The van der Waals surface area contributed by atoms with Crippen LogP contribution in [0.15, 0.2) is 42.5 Å². The maximum absolute atomic E-state index is 14.3. The molecule has 0 unspecified atom stereocenters. The van der Waals surface area contributed by atoms with Crippen molar-refractivity contribution in [3.05, 3.63) is 65.5 Å². The van der Waals surface area contributed by atoms with Crippen molar-refractivity contribution >= 4 is 27.5 Å². The molecule has 0 aromatic heterocycles. The largest absolute Gasteiger partial charge is 0.354 e. The molecule has 0 aliphatic heterocycles. The minimum Gasteiger partial charge on any atom is -0.354 e. The molecule has 0 radical (unpaired) electrons. The van der Waals surface area contributed by atoms with E-state index in [0.717, 1.165) is 36.1 Å². The van der Waals surface area contributed by atoms with Crippen LogP contribution in [0.4, 0.5) is 18.9 Å². The molecule has 2 aromatic rings. The second-order valence-electron chi connectivity index (χ2n) is 7.80. The molecule has 11 heteroatoms. The zero-order chi connectivity index (χ0) is 25.5. The second-order valence-corrected chi connectivity index (χ2v) is 9.71. The summed E-state index contributed by atoms with van der Waals surface area (Å²) < 4.78 is 66.8. The van der Waals surface area contributed by atoms with E-state index >= 15 is 0 Å². The van der Waals surface area contributed by atoms with E-state index in [9.17, 15) is 31.2 Å². The van der Waals surface area contributed by atoms with Crippen LogP contribution in [0.5, 0.6) is 0 Å². The van der Waals surface area contributed by atoms with Gasteiger partial charge in [-0.05, 0) is 31.5 Å². The fourth-order valence-corrected chi connectivity index (χ4v) is 4.02. The minimum atomic E-state index is -4.10. The molecule has 7 nitrogen and oxygen atoms in total.